The van der Waals surface area contributed by atoms with Crippen LogP contribution in [0.1, 0.15) is 66.2 Å². The minimum atomic E-state index is -0.586. The van der Waals surface area contributed by atoms with Crippen LogP contribution in [0, 0.1) is 34.0 Å². The van der Waals surface area contributed by atoms with Gasteiger partial charge >= 0.3 is 5.97 Å². The first kappa shape index (κ1) is 18.5. The van der Waals surface area contributed by atoms with Crippen molar-refractivity contribution < 1.29 is 19.7 Å². The van der Waals surface area contributed by atoms with Gasteiger partial charge in [-0.25, -0.2) is 0 Å². The van der Waals surface area contributed by atoms with Gasteiger partial charge in [0.2, 0.25) is 0 Å². The fraction of sp³-hybridized carbons (Fsp3) is 0.864. The summed E-state index contributed by atoms with van der Waals surface area (Å²) in [5, 5.41) is 22.0. The molecule has 0 radical (unpaired) electrons. The van der Waals surface area contributed by atoms with Crippen molar-refractivity contribution in [1.29, 1.82) is 0 Å². The van der Waals surface area contributed by atoms with E-state index in [1.807, 2.05) is 0 Å². The van der Waals surface area contributed by atoms with Crippen LogP contribution < -0.4 is 0 Å². The van der Waals surface area contributed by atoms with E-state index in [0.29, 0.717) is 11.8 Å². The third-order valence-electron chi connectivity index (χ3n) is 9.10. The molecule has 8 atom stereocenters. The summed E-state index contributed by atoms with van der Waals surface area (Å²) < 4.78 is 5.90. The van der Waals surface area contributed by atoms with Gasteiger partial charge in [-0.05, 0) is 72.7 Å². The lowest BCUT2D eigenvalue weighted by Gasteiger charge is -2.66. The Morgan fingerprint density at radius 2 is 1.85 bits per heavy atom. The number of esters is 1. The molecule has 2 bridgehead atoms. The van der Waals surface area contributed by atoms with E-state index in [4.69, 9.17) is 4.74 Å². The monoisotopic (exact) mass is 362 g/mol. The molecule has 4 fully saturated rings. The Morgan fingerprint density at radius 1 is 1.15 bits per heavy atom. The van der Waals surface area contributed by atoms with Gasteiger partial charge in [-0.1, -0.05) is 27.4 Å². The van der Waals surface area contributed by atoms with Crippen LogP contribution in [0.2, 0.25) is 0 Å². The maximum absolute atomic E-state index is 11.9. The molecule has 146 valence electrons. The molecule has 4 heteroatoms. The number of hydrogen-bond donors (Lipinski definition) is 2. The highest BCUT2D eigenvalue weighted by atomic mass is 16.5. The van der Waals surface area contributed by atoms with E-state index in [1.54, 1.807) is 0 Å². The lowest BCUT2D eigenvalue weighted by molar-refractivity contribution is -0.243. The summed E-state index contributed by atoms with van der Waals surface area (Å²) in [5.41, 5.74) is 0.386. The van der Waals surface area contributed by atoms with Gasteiger partial charge < -0.3 is 14.9 Å². The van der Waals surface area contributed by atoms with Crippen molar-refractivity contribution in [1.82, 2.24) is 0 Å². The second-order valence-electron chi connectivity index (χ2n) is 10.4. The zero-order chi connectivity index (χ0) is 19.1. The van der Waals surface area contributed by atoms with Gasteiger partial charge in [0, 0.05) is 12.3 Å². The highest BCUT2D eigenvalue weighted by Crippen LogP contribution is 2.72. The van der Waals surface area contributed by atoms with Crippen LogP contribution in [-0.4, -0.2) is 34.5 Å². The lowest BCUT2D eigenvalue weighted by atomic mass is 9.39. The molecule has 4 aliphatic rings. The van der Waals surface area contributed by atoms with Crippen LogP contribution in [0.3, 0.4) is 0 Å². The number of hydrogen-bond acceptors (Lipinski definition) is 4. The normalized spacial score (nSPS) is 52.2. The van der Waals surface area contributed by atoms with Gasteiger partial charge in [0.05, 0.1) is 12.2 Å². The van der Waals surface area contributed by atoms with Crippen molar-refractivity contribution in [2.75, 3.05) is 0 Å². The summed E-state index contributed by atoms with van der Waals surface area (Å²) in [6.07, 6.45) is 4.33. The Bertz CT molecular complexity index is 640. The molecule has 26 heavy (non-hydrogen) atoms. The van der Waals surface area contributed by atoms with Crippen LogP contribution in [0.5, 0.6) is 0 Å². The molecule has 4 nitrogen and oxygen atoms in total. The highest BCUT2D eigenvalue weighted by molar-refractivity contribution is 5.66. The Balaban J connectivity index is 1.84. The number of carbonyl (C=O) groups excluding carboxylic acids is 1. The smallest absolute Gasteiger partial charge is 0.302 e. The zero-order valence-corrected chi connectivity index (χ0v) is 16.6. The number of ether oxygens (including phenoxy) is 1. The first-order valence-corrected chi connectivity index (χ1v) is 10.3. The summed E-state index contributed by atoms with van der Waals surface area (Å²) >= 11 is 0. The third-order valence-corrected chi connectivity index (χ3v) is 9.10. The Hall–Kier alpha value is -0.870. The molecule has 4 saturated carbocycles. The Morgan fingerprint density at radius 3 is 2.50 bits per heavy atom. The molecule has 4 rings (SSSR count). The van der Waals surface area contributed by atoms with Crippen molar-refractivity contribution in [3.8, 4) is 0 Å². The first-order valence-electron chi connectivity index (χ1n) is 10.3. The summed E-state index contributed by atoms with van der Waals surface area (Å²) in [6, 6.07) is 0. The topological polar surface area (TPSA) is 66.8 Å². The van der Waals surface area contributed by atoms with Gasteiger partial charge in [0.15, 0.2) is 0 Å². The summed E-state index contributed by atoms with van der Waals surface area (Å²) in [4.78, 5) is 11.9. The van der Waals surface area contributed by atoms with Crippen LogP contribution in [0.25, 0.3) is 0 Å². The van der Waals surface area contributed by atoms with Crippen LogP contribution >= 0.6 is 0 Å². The minimum Gasteiger partial charge on any atom is -0.462 e. The molecule has 0 aromatic rings. The maximum atomic E-state index is 11.9. The number of rotatable bonds is 1. The van der Waals surface area contributed by atoms with E-state index in [-0.39, 0.29) is 34.9 Å². The molecule has 0 aromatic carbocycles. The van der Waals surface area contributed by atoms with Gasteiger partial charge in [-0.2, -0.15) is 0 Å². The van der Waals surface area contributed by atoms with Crippen molar-refractivity contribution in [3.63, 3.8) is 0 Å². The van der Waals surface area contributed by atoms with E-state index in [9.17, 15) is 15.0 Å². The molecular weight excluding hydrogens is 328 g/mol. The Labute approximate surface area is 157 Å². The number of carbonyl (C=O) groups is 1. The van der Waals surface area contributed by atoms with Crippen molar-refractivity contribution in [2.45, 2.75) is 84.5 Å². The van der Waals surface area contributed by atoms with E-state index < -0.39 is 11.5 Å². The average molecular weight is 363 g/mol. The fourth-order valence-corrected chi connectivity index (χ4v) is 7.83. The summed E-state index contributed by atoms with van der Waals surface area (Å²) in [7, 11) is 0. The number of aliphatic hydroxyl groups excluding tert-OH is 2. The number of fused-ring (bicyclic) bond motifs is 3. The molecule has 0 amide bonds. The summed E-state index contributed by atoms with van der Waals surface area (Å²) in [6.45, 7) is 12.4. The predicted molar refractivity (Wildman–Crippen MR) is 99.2 cm³/mol. The average Bonchev–Trinajstić information content (AvgIpc) is 2.75. The van der Waals surface area contributed by atoms with Crippen LogP contribution in [0.15, 0.2) is 12.2 Å². The summed E-state index contributed by atoms with van der Waals surface area (Å²) in [5.74, 6) is 0.654. The van der Waals surface area contributed by atoms with Gasteiger partial charge in [-0.15, -0.1) is 0 Å². The molecule has 4 aliphatic carbocycles. The largest absolute Gasteiger partial charge is 0.462 e. The molecule has 0 unspecified atom stereocenters. The molecule has 0 aliphatic heterocycles. The fourth-order valence-electron chi connectivity index (χ4n) is 7.83. The van der Waals surface area contributed by atoms with Gasteiger partial charge in [0.25, 0.3) is 0 Å². The highest BCUT2D eigenvalue weighted by Gasteiger charge is 2.71. The minimum absolute atomic E-state index is 0.0515. The molecule has 2 N–H and O–H groups in total. The zero-order valence-electron chi connectivity index (χ0n) is 16.6. The lowest BCUT2D eigenvalue weighted by Crippen LogP contribution is -2.66. The molecule has 1 spiro atoms. The molecule has 0 heterocycles. The quantitative estimate of drug-likeness (QED) is 0.554. The molecular formula is C22H34O4. The second kappa shape index (κ2) is 5.57. The third kappa shape index (κ3) is 2.12. The standard InChI is InChI=1S/C22H34O4/c1-12-14-6-7-15-21(5)9-8-17(24)20(3,4)16(21)10-18(26-13(2)23)22(15,11-14)19(12)25/h14-19,24-25H,1,6-11H2,2-5H3/t14-,15+,16-,17-,18+,19-,21+,22-/m1/s1. The van der Waals surface area contributed by atoms with Gasteiger partial charge in [0.1, 0.15) is 6.10 Å². The maximum Gasteiger partial charge on any atom is 0.302 e. The first-order chi connectivity index (χ1) is 12.0. The molecule has 0 saturated heterocycles. The molecule has 0 aromatic heterocycles. The van der Waals surface area contributed by atoms with Crippen LogP contribution in [-0.2, 0) is 9.53 Å². The second-order valence-corrected chi connectivity index (χ2v) is 10.4. The van der Waals surface area contributed by atoms with E-state index in [0.717, 1.165) is 44.1 Å². The SMILES string of the molecule is C=C1[C@@H]2CC[C@H]3[C@]4(C)CC[C@@H](O)C(C)(C)[C@H]4C[C@H](OC(C)=O)[C@]3(C2)[C@@H]1O. The number of aliphatic hydroxyl groups is 2. The van der Waals surface area contributed by atoms with E-state index >= 15 is 0 Å². The van der Waals surface area contributed by atoms with Crippen molar-refractivity contribution in [3.05, 3.63) is 12.2 Å². The van der Waals surface area contributed by atoms with E-state index in [1.165, 1.54) is 6.92 Å². The Kier molecular flexibility index (Phi) is 3.96. The van der Waals surface area contributed by atoms with Crippen molar-refractivity contribution >= 4 is 5.97 Å². The van der Waals surface area contributed by atoms with E-state index in [2.05, 4.69) is 27.4 Å². The van der Waals surface area contributed by atoms with Crippen LogP contribution in [0.4, 0.5) is 0 Å². The predicted octanol–water partition coefficient (Wildman–Crippen LogP) is 3.46. The van der Waals surface area contributed by atoms with Crippen molar-refractivity contribution in [2.24, 2.45) is 34.0 Å². The van der Waals surface area contributed by atoms with Gasteiger partial charge in [-0.3, -0.25) is 4.79 Å².